The van der Waals surface area contributed by atoms with Gasteiger partial charge in [-0.1, -0.05) is 60.7 Å². The Morgan fingerprint density at radius 3 is 2.29 bits per heavy atom. The molecule has 5 rings (SSSR count). The molecule has 0 bridgehead atoms. The van der Waals surface area contributed by atoms with E-state index in [1.165, 1.54) is 28.5 Å². The monoisotopic (exact) mass is 548 g/mol. The number of carbonyl (C=O) groups excluding carboxylic acids is 1. The number of anilines is 3. The molecule has 2 amide bonds. The van der Waals surface area contributed by atoms with Gasteiger partial charge in [-0.2, -0.15) is 0 Å². The summed E-state index contributed by atoms with van der Waals surface area (Å²) in [7, 11) is 1.64. The van der Waals surface area contributed by atoms with Gasteiger partial charge in [-0.05, 0) is 60.4 Å². The maximum Gasteiger partial charge on any atom is 0.323 e. The quantitative estimate of drug-likeness (QED) is 0.187. The van der Waals surface area contributed by atoms with E-state index in [0.717, 1.165) is 12.8 Å². The molecule has 0 unspecified atom stereocenters. The van der Waals surface area contributed by atoms with Crippen LogP contribution in [0, 0.1) is 5.82 Å². The van der Waals surface area contributed by atoms with Gasteiger partial charge in [0.15, 0.2) is 0 Å². The largest absolute Gasteiger partial charge is 0.356 e. The lowest BCUT2D eigenvalue weighted by molar-refractivity contribution is 0.262. The zero-order valence-electron chi connectivity index (χ0n) is 22.5. The molecule has 0 fully saturated rings. The van der Waals surface area contributed by atoms with Crippen LogP contribution in [0.15, 0.2) is 108 Å². The summed E-state index contributed by atoms with van der Waals surface area (Å²) in [6.07, 6.45) is 3.25. The van der Waals surface area contributed by atoms with Gasteiger partial charge in [0.25, 0.3) is 5.56 Å². The molecule has 3 aromatic carbocycles. The Balaban J connectivity index is 1.45. The molecule has 41 heavy (non-hydrogen) atoms. The Bertz CT molecular complexity index is 1690. The summed E-state index contributed by atoms with van der Waals surface area (Å²) in [6, 6.07) is 27.8. The van der Waals surface area contributed by atoms with E-state index in [-0.39, 0.29) is 11.1 Å². The van der Waals surface area contributed by atoms with E-state index in [9.17, 15) is 14.0 Å². The number of amides is 2. The first kappa shape index (κ1) is 27.3. The van der Waals surface area contributed by atoms with Gasteiger partial charge < -0.3 is 16.0 Å². The summed E-state index contributed by atoms with van der Waals surface area (Å²) in [5.41, 5.74) is 3.52. The molecule has 9 heteroatoms. The average molecular weight is 549 g/mol. The number of hydrogen-bond acceptors (Lipinski definition) is 5. The van der Waals surface area contributed by atoms with Crippen LogP contribution in [0.25, 0.3) is 22.5 Å². The van der Waals surface area contributed by atoms with Crippen LogP contribution in [0.1, 0.15) is 12.0 Å². The van der Waals surface area contributed by atoms with Crippen molar-refractivity contribution in [3.63, 3.8) is 0 Å². The van der Waals surface area contributed by atoms with E-state index in [2.05, 4.69) is 33.1 Å². The molecule has 5 aromatic rings. The molecule has 0 saturated heterocycles. The fourth-order valence-electron chi connectivity index (χ4n) is 4.41. The Morgan fingerprint density at radius 1 is 0.878 bits per heavy atom. The van der Waals surface area contributed by atoms with Crippen molar-refractivity contribution in [3.8, 4) is 22.5 Å². The number of para-hydroxylation sites is 1. The maximum atomic E-state index is 13.7. The first-order valence-corrected chi connectivity index (χ1v) is 13.2. The lowest BCUT2D eigenvalue weighted by atomic mass is 10.0. The van der Waals surface area contributed by atoms with Crippen molar-refractivity contribution < 1.29 is 9.18 Å². The van der Waals surface area contributed by atoms with Crippen molar-refractivity contribution in [3.05, 3.63) is 125 Å². The Hall–Kier alpha value is -5.31. The molecule has 3 N–H and O–H groups in total. The normalized spacial score (nSPS) is 10.7. The minimum Gasteiger partial charge on any atom is -0.356 e. The van der Waals surface area contributed by atoms with Gasteiger partial charge in [-0.25, -0.2) is 14.2 Å². The second-order valence-corrected chi connectivity index (χ2v) is 9.42. The molecule has 2 aromatic heterocycles. The van der Waals surface area contributed by atoms with Crippen LogP contribution in [0.3, 0.4) is 0 Å². The van der Waals surface area contributed by atoms with Crippen LogP contribution in [0.4, 0.5) is 26.5 Å². The molecular weight excluding hydrogens is 519 g/mol. The third-order valence-corrected chi connectivity index (χ3v) is 6.48. The SMILES string of the molecule is Cn1c(NCCCc2ccccc2)nc(-c2cc(NC(=O)Nc3ccccc3)ccn2)c(-c2ccc(F)cc2)c1=O. The minimum absolute atomic E-state index is 0.278. The molecule has 0 radical (unpaired) electrons. The number of pyridine rings is 1. The van der Waals surface area contributed by atoms with E-state index >= 15 is 0 Å². The Morgan fingerprint density at radius 2 is 1.56 bits per heavy atom. The highest BCUT2D eigenvalue weighted by Gasteiger charge is 2.20. The fourth-order valence-corrected chi connectivity index (χ4v) is 4.41. The van der Waals surface area contributed by atoms with Gasteiger partial charge in [-0.3, -0.25) is 14.3 Å². The highest BCUT2D eigenvalue weighted by molar-refractivity contribution is 6.00. The van der Waals surface area contributed by atoms with Crippen molar-refractivity contribution in [2.24, 2.45) is 7.05 Å². The standard InChI is InChI=1S/C32H29FN6O2/c1-39-30(40)28(23-14-16-24(33)17-15-23)29(38-31(39)35-19-8-11-22-9-4-2-5-10-22)27-21-26(18-20-34-27)37-32(41)36-25-12-6-3-7-13-25/h2-7,9-10,12-18,20-21H,8,11,19H2,1H3,(H,35,38)(H2,34,36,37,41). The van der Waals surface area contributed by atoms with E-state index in [1.807, 2.05) is 36.4 Å². The van der Waals surface area contributed by atoms with E-state index < -0.39 is 11.8 Å². The van der Waals surface area contributed by atoms with Crippen LogP contribution in [0.5, 0.6) is 0 Å². The van der Waals surface area contributed by atoms with Crippen LogP contribution < -0.4 is 21.5 Å². The summed E-state index contributed by atoms with van der Waals surface area (Å²) in [4.78, 5) is 35.5. The maximum absolute atomic E-state index is 13.7. The second-order valence-electron chi connectivity index (χ2n) is 9.42. The molecule has 0 aliphatic rings. The Labute approximate surface area is 236 Å². The first-order valence-electron chi connectivity index (χ1n) is 13.2. The van der Waals surface area contributed by atoms with Crippen LogP contribution in [-0.4, -0.2) is 27.1 Å². The number of halogens is 1. The lowest BCUT2D eigenvalue weighted by Crippen LogP contribution is -2.25. The average Bonchev–Trinajstić information content (AvgIpc) is 2.99. The minimum atomic E-state index is -0.426. The summed E-state index contributed by atoms with van der Waals surface area (Å²) in [6.45, 7) is 0.596. The molecule has 0 saturated carbocycles. The number of aromatic nitrogens is 3. The van der Waals surface area contributed by atoms with E-state index in [4.69, 9.17) is 4.98 Å². The van der Waals surface area contributed by atoms with Gasteiger partial charge >= 0.3 is 6.03 Å². The van der Waals surface area contributed by atoms with Crippen LogP contribution in [0.2, 0.25) is 0 Å². The van der Waals surface area contributed by atoms with Crippen molar-refractivity contribution in [1.82, 2.24) is 14.5 Å². The second kappa shape index (κ2) is 12.7. The topological polar surface area (TPSA) is 101 Å². The number of aryl methyl sites for hydroxylation is 1. The highest BCUT2D eigenvalue weighted by atomic mass is 19.1. The van der Waals surface area contributed by atoms with Crippen LogP contribution >= 0.6 is 0 Å². The molecule has 0 aliphatic carbocycles. The summed E-state index contributed by atoms with van der Waals surface area (Å²) in [5, 5.41) is 8.85. The summed E-state index contributed by atoms with van der Waals surface area (Å²) >= 11 is 0. The molecule has 0 aliphatic heterocycles. The van der Waals surface area contributed by atoms with Gasteiger partial charge in [0.2, 0.25) is 5.95 Å². The predicted molar refractivity (Wildman–Crippen MR) is 160 cm³/mol. The third-order valence-electron chi connectivity index (χ3n) is 6.48. The van der Waals surface area contributed by atoms with Gasteiger partial charge in [0.1, 0.15) is 11.5 Å². The third kappa shape index (κ3) is 6.83. The Kier molecular flexibility index (Phi) is 8.44. The zero-order chi connectivity index (χ0) is 28.6. The number of hydrogen-bond donors (Lipinski definition) is 3. The molecule has 0 atom stereocenters. The molecule has 206 valence electrons. The van der Waals surface area contributed by atoms with E-state index in [1.54, 1.807) is 43.4 Å². The van der Waals surface area contributed by atoms with Gasteiger partial charge in [-0.15, -0.1) is 0 Å². The number of urea groups is 1. The van der Waals surface area contributed by atoms with Gasteiger partial charge in [0.05, 0.1) is 11.3 Å². The molecule has 0 spiro atoms. The number of nitrogens with one attached hydrogen (secondary N) is 3. The summed E-state index contributed by atoms with van der Waals surface area (Å²) in [5.74, 6) is -0.0311. The highest BCUT2D eigenvalue weighted by Crippen LogP contribution is 2.29. The van der Waals surface area contributed by atoms with Gasteiger partial charge in [0, 0.05) is 31.2 Å². The number of carbonyl (C=O) groups is 1. The lowest BCUT2D eigenvalue weighted by Gasteiger charge is -2.16. The smallest absolute Gasteiger partial charge is 0.323 e. The predicted octanol–water partition coefficient (Wildman–Crippen LogP) is 6.34. The number of rotatable bonds is 9. The molecule has 8 nitrogen and oxygen atoms in total. The molecular formula is C32H29FN6O2. The van der Waals surface area contributed by atoms with E-state index in [0.29, 0.717) is 40.8 Å². The van der Waals surface area contributed by atoms with Crippen molar-refractivity contribution in [2.45, 2.75) is 12.8 Å². The first-order chi connectivity index (χ1) is 20.0. The van der Waals surface area contributed by atoms with Crippen molar-refractivity contribution in [1.29, 1.82) is 0 Å². The van der Waals surface area contributed by atoms with Crippen molar-refractivity contribution in [2.75, 3.05) is 22.5 Å². The molecule has 2 heterocycles. The fraction of sp³-hybridized carbons (Fsp3) is 0.125. The van der Waals surface area contributed by atoms with Crippen LogP contribution in [-0.2, 0) is 13.5 Å². The van der Waals surface area contributed by atoms with Crippen molar-refractivity contribution >= 4 is 23.4 Å². The number of nitrogens with zero attached hydrogens (tertiary/aromatic N) is 3. The zero-order valence-corrected chi connectivity index (χ0v) is 22.5. The number of benzene rings is 3. The summed E-state index contributed by atoms with van der Waals surface area (Å²) < 4.78 is 15.2.